The van der Waals surface area contributed by atoms with Crippen molar-refractivity contribution in [3.05, 3.63) is 24.3 Å². The molecule has 1 aromatic heterocycles. The molecule has 3 rings (SSSR count). The van der Waals surface area contributed by atoms with E-state index in [0.717, 1.165) is 42.1 Å². The molecule has 0 bridgehead atoms. The molecule has 1 aliphatic heterocycles. The highest BCUT2D eigenvalue weighted by molar-refractivity contribution is 7.99. The van der Waals surface area contributed by atoms with Crippen molar-refractivity contribution >= 4 is 34.7 Å². The first-order valence-corrected chi connectivity index (χ1v) is 9.57. The van der Waals surface area contributed by atoms with Crippen LogP contribution in [0.1, 0.15) is 33.1 Å². The third kappa shape index (κ3) is 3.81. The lowest BCUT2D eigenvalue weighted by molar-refractivity contribution is -0.138. The van der Waals surface area contributed by atoms with Crippen molar-refractivity contribution in [1.29, 1.82) is 0 Å². The zero-order valence-corrected chi connectivity index (χ0v) is 15.3. The summed E-state index contributed by atoms with van der Waals surface area (Å²) in [4.78, 5) is 30.4. The Balaban J connectivity index is 1.89. The lowest BCUT2D eigenvalue weighted by Gasteiger charge is -2.39. The number of hydrogen-bond acceptors (Lipinski definition) is 4. The van der Waals surface area contributed by atoms with Gasteiger partial charge in [0.2, 0.25) is 5.91 Å². The molecule has 1 fully saturated rings. The predicted octanol–water partition coefficient (Wildman–Crippen LogP) is 3.00. The molecular formula is C18H23N3O3S. The van der Waals surface area contributed by atoms with E-state index in [1.54, 1.807) is 0 Å². The smallest absolute Gasteiger partial charge is 0.313 e. The van der Waals surface area contributed by atoms with E-state index in [4.69, 9.17) is 5.11 Å². The molecule has 1 amide bonds. The standard InChI is InChI=1S/C18H23N3O3S/c1-12-6-5-7-13(2)21(12)16(22)10-20-15-9-4-3-8-14(15)19-18(20)25-11-17(23)24/h3-4,8-9,12-13H,5-7,10-11H2,1-2H3,(H,23,24)/t12-,13-/m0/s1. The molecule has 2 atom stereocenters. The molecule has 1 saturated heterocycles. The van der Waals surface area contributed by atoms with Gasteiger partial charge >= 0.3 is 5.97 Å². The predicted molar refractivity (Wildman–Crippen MR) is 97.7 cm³/mol. The zero-order valence-electron chi connectivity index (χ0n) is 14.5. The molecule has 1 aromatic carbocycles. The molecule has 0 saturated carbocycles. The fraction of sp³-hybridized carbons (Fsp3) is 0.500. The van der Waals surface area contributed by atoms with Crippen LogP contribution >= 0.6 is 11.8 Å². The van der Waals surface area contributed by atoms with Crippen LogP contribution in [0.2, 0.25) is 0 Å². The van der Waals surface area contributed by atoms with Crippen LogP contribution in [-0.4, -0.2) is 49.3 Å². The Bertz CT molecular complexity index is 779. The number of carboxylic acids is 1. The average molecular weight is 361 g/mol. The van der Waals surface area contributed by atoms with E-state index in [-0.39, 0.29) is 30.3 Å². The molecule has 0 aliphatic carbocycles. The Labute approximate surface area is 151 Å². The number of benzene rings is 1. The van der Waals surface area contributed by atoms with Gasteiger partial charge in [0.05, 0.1) is 16.8 Å². The minimum atomic E-state index is -0.895. The molecule has 7 heteroatoms. The Hall–Kier alpha value is -2.02. The number of thioether (sulfide) groups is 1. The van der Waals surface area contributed by atoms with E-state index in [1.807, 2.05) is 33.7 Å². The largest absolute Gasteiger partial charge is 0.481 e. The second kappa shape index (κ2) is 7.47. The van der Waals surface area contributed by atoms with E-state index in [2.05, 4.69) is 18.8 Å². The van der Waals surface area contributed by atoms with Gasteiger partial charge in [0.25, 0.3) is 0 Å². The number of aliphatic carboxylic acids is 1. The number of hydrogen-bond donors (Lipinski definition) is 1. The van der Waals surface area contributed by atoms with Gasteiger partial charge in [-0.25, -0.2) is 4.98 Å². The summed E-state index contributed by atoms with van der Waals surface area (Å²) in [6, 6.07) is 8.07. The average Bonchev–Trinajstić information content (AvgIpc) is 2.90. The van der Waals surface area contributed by atoms with Crippen LogP contribution in [-0.2, 0) is 16.1 Å². The van der Waals surface area contributed by atoms with Crippen molar-refractivity contribution in [1.82, 2.24) is 14.5 Å². The van der Waals surface area contributed by atoms with E-state index >= 15 is 0 Å². The maximum atomic E-state index is 13.0. The number of carboxylic acid groups (broad SMARTS) is 1. The first-order chi connectivity index (χ1) is 12.0. The summed E-state index contributed by atoms with van der Waals surface area (Å²) in [6.45, 7) is 4.39. The molecule has 134 valence electrons. The second-order valence-corrected chi connectivity index (χ2v) is 7.52. The normalized spacial score (nSPS) is 20.8. The first-order valence-electron chi connectivity index (χ1n) is 8.58. The molecule has 0 radical (unpaired) electrons. The van der Waals surface area contributed by atoms with Crippen molar-refractivity contribution in [2.24, 2.45) is 0 Å². The van der Waals surface area contributed by atoms with Crippen molar-refractivity contribution in [3.8, 4) is 0 Å². The SMILES string of the molecule is C[C@H]1CCC[C@H](C)N1C(=O)Cn1c(SCC(=O)O)nc2ccccc21. The minimum Gasteiger partial charge on any atom is -0.481 e. The van der Waals surface area contributed by atoms with E-state index in [1.165, 1.54) is 0 Å². The fourth-order valence-electron chi connectivity index (χ4n) is 3.57. The van der Waals surface area contributed by atoms with Gasteiger partial charge < -0.3 is 14.6 Å². The van der Waals surface area contributed by atoms with Crippen LogP contribution in [0.15, 0.2) is 29.4 Å². The zero-order chi connectivity index (χ0) is 18.0. The number of carbonyl (C=O) groups excluding carboxylic acids is 1. The number of imidazole rings is 1. The number of piperidine rings is 1. The Morgan fingerprint density at radius 3 is 2.60 bits per heavy atom. The lowest BCUT2D eigenvalue weighted by Crippen LogP contribution is -2.48. The summed E-state index contributed by atoms with van der Waals surface area (Å²) in [5.41, 5.74) is 1.64. The quantitative estimate of drug-likeness (QED) is 0.829. The molecule has 0 unspecified atom stereocenters. The van der Waals surface area contributed by atoms with E-state index in [0.29, 0.717) is 5.16 Å². The van der Waals surface area contributed by atoms with Crippen LogP contribution in [0.3, 0.4) is 0 Å². The van der Waals surface area contributed by atoms with Crippen molar-refractivity contribution in [2.45, 2.75) is 56.9 Å². The van der Waals surface area contributed by atoms with Crippen LogP contribution in [0.4, 0.5) is 0 Å². The van der Waals surface area contributed by atoms with Crippen molar-refractivity contribution in [3.63, 3.8) is 0 Å². The number of likely N-dealkylation sites (tertiary alicyclic amines) is 1. The van der Waals surface area contributed by atoms with Crippen molar-refractivity contribution in [2.75, 3.05) is 5.75 Å². The van der Waals surface area contributed by atoms with Gasteiger partial charge in [-0.2, -0.15) is 0 Å². The monoisotopic (exact) mass is 361 g/mol. The highest BCUT2D eigenvalue weighted by Crippen LogP contribution is 2.26. The van der Waals surface area contributed by atoms with Gasteiger partial charge in [-0.15, -0.1) is 0 Å². The van der Waals surface area contributed by atoms with Gasteiger partial charge in [-0.05, 0) is 45.2 Å². The molecular weight excluding hydrogens is 338 g/mol. The molecule has 0 spiro atoms. The summed E-state index contributed by atoms with van der Waals surface area (Å²) in [6.07, 6.45) is 3.21. The van der Waals surface area contributed by atoms with Gasteiger partial charge in [-0.3, -0.25) is 9.59 Å². The van der Waals surface area contributed by atoms with Gasteiger partial charge in [-0.1, -0.05) is 23.9 Å². The fourth-order valence-corrected chi connectivity index (χ4v) is 4.31. The summed E-state index contributed by atoms with van der Waals surface area (Å²) < 4.78 is 1.85. The molecule has 2 aromatic rings. The van der Waals surface area contributed by atoms with Crippen LogP contribution < -0.4 is 0 Å². The van der Waals surface area contributed by atoms with Gasteiger partial charge in [0.1, 0.15) is 6.54 Å². The maximum absolute atomic E-state index is 13.0. The van der Waals surface area contributed by atoms with E-state index in [9.17, 15) is 9.59 Å². The molecule has 25 heavy (non-hydrogen) atoms. The number of carbonyl (C=O) groups is 2. The highest BCUT2D eigenvalue weighted by atomic mass is 32.2. The number of para-hydroxylation sites is 2. The van der Waals surface area contributed by atoms with Gasteiger partial charge in [0, 0.05) is 12.1 Å². The topological polar surface area (TPSA) is 75.4 Å². The lowest BCUT2D eigenvalue weighted by atomic mass is 9.97. The first kappa shape index (κ1) is 17.8. The molecule has 1 N–H and O–H groups in total. The molecule has 6 nitrogen and oxygen atoms in total. The number of rotatable bonds is 5. The third-order valence-electron chi connectivity index (χ3n) is 4.72. The highest BCUT2D eigenvalue weighted by Gasteiger charge is 2.29. The number of amides is 1. The summed E-state index contributed by atoms with van der Waals surface area (Å²) in [5, 5.41) is 9.54. The van der Waals surface area contributed by atoms with Crippen LogP contribution in [0.5, 0.6) is 0 Å². The summed E-state index contributed by atoms with van der Waals surface area (Å²) in [5.74, 6) is -0.901. The minimum absolute atomic E-state index is 0.0695. The Morgan fingerprint density at radius 1 is 1.24 bits per heavy atom. The number of fused-ring (bicyclic) bond motifs is 1. The number of nitrogens with zero attached hydrogens (tertiary/aromatic N) is 3. The Morgan fingerprint density at radius 2 is 1.92 bits per heavy atom. The number of aromatic nitrogens is 2. The van der Waals surface area contributed by atoms with Crippen LogP contribution in [0.25, 0.3) is 11.0 Å². The maximum Gasteiger partial charge on any atom is 0.313 e. The van der Waals surface area contributed by atoms with Crippen molar-refractivity contribution < 1.29 is 14.7 Å². The molecule has 2 heterocycles. The summed E-state index contributed by atoms with van der Waals surface area (Å²) in [7, 11) is 0. The van der Waals surface area contributed by atoms with E-state index < -0.39 is 5.97 Å². The van der Waals surface area contributed by atoms with Gasteiger partial charge in [0.15, 0.2) is 5.16 Å². The molecule has 1 aliphatic rings. The summed E-state index contributed by atoms with van der Waals surface area (Å²) >= 11 is 1.15. The Kier molecular flexibility index (Phi) is 5.32. The van der Waals surface area contributed by atoms with Crippen LogP contribution in [0, 0.1) is 0 Å². The third-order valence-corrected chi connectivity index (χ3v) is 5.68. The second-order valence-electron chi connectivity index (χ2n) is 6.58.